The standard InChI is InChI=1S/C12H22N2O5/c1-5-8(2)10(11(16)17)13-12(18)14(3)7-6-9(15)19-4/h8,10H,5-7H2,1-4H3,(H,13,18)(H,16,17). The summed E-state index contributed by atoms with van der Waals surface area (Å²) in [6, 6.07) is -1.45. The average molecular weight is 274 g/mol. The Morgan fingerprint density at radius 1 is 1.37 bits per heavy atom. The van der Waals surface area contributed by atoms with Gasteiger partial charge in [-0.1, -0.05) is 20.3 Å². The molecule has 2 N–H and O–H groups in total. The van der Waals surface area contributed by atoms with Crippen LogP contribution in [0.3, 0.4) is 0 Å². The van der Waals surface area contributed by atoms with Crippen LogP contribution in [0.15, 0.2) is 0 Å². The van der Waals surface area contributed by atoms with Crippen LogP contribution < -0.4 is 5.32 Å². The molecule has 0 aromatic heterocycles. The zero-order chi connectivity index (χ0) is 15.0. The first-order valence-corrected chi connectivity index (χ1v) is 6.14. The zero-order valence-corrected chi connectivity index (χ0v) is 11.8. The molecule has 0 spiro atoms. The van der Waals surface area contributed by atoms with Gasteiger partial charge in [0.15, 0.2) is 0 Å². The Morgan fingerprint density at radius 2 is 1.95 bits per heavy atom. The summed E-state index contributed by atoms with van der Waals surface area (Å²) in [6.07, 6.45) is 0.713. The van der Waals surface area contributed by atoms with E-state index in [1.807, 2.05) is 6.92 Å². The van der Waals surface area contributed by atoms with Crippen LogP contribution in [-0.4, -0.2) is 54.7 Å². The summed E-state index contributed by atoms with van der Waals surface area (Å²) in [4.78, 5) is 35.0. The number of carboxylic acid groups (broad SMARTS) is 1. The van der Waals surface area contributed by atoms with Crippen LogP contribution in [0.2, 0.25) is 0 Å². The number of urea groups is 1. The smallest absolute Gasteiger partial charge is 0.326 e. The quantitative estimate of drug-likeness (QED) is 0.666. The van der Waals surface area contributed by atoms with Gasteiger partial charge in [0.1, 0.15) is 6.04 Å². The highest BCUT2D eigenvalue weighted by molar-refractivity contribution is 5.83. The fourth-order valence-corrected chi connectivity index (χ4v) is 1.39. The van der Waals surface area contributed by atoms with Crippen LogP contribution in [0, 0.1) is 5.92 Å². The number of hydrogen-bond donors (Lipinski definition) is 2. The molecule has 0 saturated heterocycles. The summed E-state index contributed by atoms with van der Waals surface area (Å²) in [7, 11) is 2.76. The number of ether oxygens (including phenoxy) is 1. The first kappa shape index (κ1) is 17.2. The van der Waals surface area contributed by atoms with Crippen molar-refractivity contribution in [1.82, 2.24) is 10.2 Å². The van der Waals surface area contributed by atoms with Crippen molar-refractivity contribution in [2.75, 3.05) is 20.7 Å². The van der Waals surface area contributed by atoms with E-state index < -0.39 is 24.0 Å². The minimum atomic E-state index is -1.07. The molecule has 0 radical (unpaired) electrons. The molecule has 0 aromatic carbocycles. The minimum absolute atomic E-state index is 0.0709. The molecular formula is C12H22N2O5. The van der Waals surface area contributed by atoms with Gasteiger partial charge in [0, 0.05) is 13.6 Å². The molecule has 2 atom stereocenters. The third kappa shape index (κ3) is 6.08. The third-order valence-corrected chi connectivity index (χ3v) is 2.98. The van der Waals surface area contributed by atoms with E-state index in [0.717, 1.165) is 0 Å². The second-order valence-corrected chi connectivity index (χ2v) is 4.40. The Labute approximate surface area is 112 Å². The molecular weight excluding hydrogens is 252 g/mol. The molecule has 0 aliphatic carbocycles. The lowest BCUT2D eigenvalue weighted by atomic mass is 9.99. The van der Waals surface area contributed by atoms with Gasteiger partial charge < -0.3 is 20.1 Å². The molecule has 0 saturated carbocycles. The van der Waals surface area contributed by atoms with E-state index >= 15 is 0 Å². The normalized spacial score (nSPS) is 13.3. The predicted molar refractivity (Wildman–Crippen MR) is 68.7 cm³/mol. The number of nitrogens with zero attached hydrogens (tertiary/aromatic N) is 1. The third-order valence-electron chi connectivity index (χ3n) is 2.98. The van der Waals surface area contributed by atoms with Crippen LogP contribution in [0.5, 0.6) is 0 Å². The number of amides is 2. The van der Waals surface area contributed by atoms with E-state index in [-0.39, 0.29) is 18.9 Å². The number of hydrogen-bond acceptors (Lipinski definition) is 4. The van der Waals surface area contributed by atoms with Gasteiger partial charge in [0.2, 0.25) is 0 Å². The molecule has 0 fully saturated rings. The number of aliphatic carboxylic acids is 1. The van der Waals surface area contributed by atoms with Crippen LogP contribution in [0.25, 0.3) is 0 Å². The number of carbonyl (C=O) groups excluding carboxylic acids is 2. The Hall–Kier alpha value is -1.79. The van der Waals surface area contributed by atoms with E-state index in [0.29, 0.717) is 6.42 Å². The Kier molecular flexibility index (Phi) is 7.55. The van der Waals surface area contributed by atoms with Gasteiger partial charge in [-0.3, -0.25) is 4.79 Å². The fraction of sp³-hybridized carbons (Fsp3) is 0.750. The minimum Gasteiger partial charge on any atom is -0.480 e. The van der Waals surface area contributed by atoms with Gasteiger partial charge >= 0.3 is 18.0 Å². The van der Waals surface area contributed by atoms with Gasteiger partial charge in [-0.15, -0.1) is 0 Å². The van der Waals surface area contributed by atoms with Crippen molar-refractivity contribution < 1.29 is 24.2 Å². The van der Waals surface area contributed by atoms with Crippen molar-refractivity contribution >= 4 is 18.0 Å². The lowest BCUT2D eigenvalue weighted by Crippen LogP contribution is -2.49. The second-order valence-electron chi connectivity index (χ2n) is 4.40. The van der Waals surface area contributed by atoms with Crippen molar-refractivity contribution in [3.63, 3.8) is 0 Å². The molecule has 0 aromatic rings. The first-order valence-electron chi connectivity index (χ1n) is 6.14. The summed E-state index contributed by atoms with van der Waals surface area (Å²) < 4.78 is 4.46. The number of nitrogens with one attached hydrogen (secondary N) is 1. The largest absolute Gasteiger partial charge is 0.480 e. The maximum absolute atomic E-state index is 11.8. The van der Waals surface area contributed by atoms with Crippen LogP contribution in [-0.2, 0) is 14.3 Å². The Balaban J connectivity index is 4.39. The van der Waals surface area contributed by atoms with Crippen LogP contribution >= 0.6 is 0 Å². The maximum Gasteiger partial charge on any atom is 0.326 e. The van der Waals surface area contributed by atoms with Crippen molar-refractivity contribution in [2.45, 2.75) is 32.7 Å². The van der Waals surface area contributed by atoms with E-state index in [4.69, 9.17) is 5.11 Å². The monoisotopic (exact) mass is 274 g/mol. The second kappa shape index (κ2) is 8.34. The molecule has 0 bridgehead atoms. The number of methoxy groups -OCH3 is 1. The summed E-state index contributed by atoms with van der Waals surface area (Å²) >= 11 is 0. The molecule has 110 valence electrons. The molecule has 0 aliphatic rings. The number of rotatable bonds is 7. The molecule has 7 nitrogen and oxygen atoms in total. The Morgan fingerprint density at radius 3 is 2.37 bits per heavy atom. The van der Waals surface area contributed by atoms with Gasteiger partial charge in [-0.05, 0) is 5.92 Å². The maximum atomic E-state index is 11.8. The van der Waals surface area contributed by atoms with Gasteiger partial charge in [0.05, 0.1) is 13.5 Å². The number of carbonyl (C=O) groups is 3. The highest BCUT2D eigenvalue weighted by Crippen LogP contribution is 2.08. The van der Waals surface area contributed by atoms with Crippen molar-refractivity contribution in [2.24, 2.45) is 5.92 Å². The van der Waals surface area contributed by atoms with E-state index in [2.05, 4.69) is 10.1 Å². The van der Waals surface area contributed by atoms with Gasteiger partial charge in [-0.25, -0.2) is 9.59 Å². The molecule has 0 aliphatic heterocycles. The van der Waals surface area contributed by atoms with Crippen molar-refractivity contribution in [3.05, 3.63) is 0 Å². The lowest BCUT2D eigenvalue weighted by Gasteiger charge is -2.24. The van der Waals surface area contributed by atoms with Crippen molar-refractivity contribution in [1.29, 1.82) is 0 Å². The Bertz CT molecular complexity index is 332. The molecule has 2 amide bonds. The van der Waals surface area contributed by atoms with Gasteiger partial charge in [-0.2, -0.15) is 0 Å². The van der Waals surface area contributed by atoms with E-state index in [1.54, 1.807) is 6.92 Å². The highest BCUT2D eigenvalue weighted by Gasteiger charge is 2.26. The zero-order valence-electron chi connectivity index (χ0n) is 11.8. The predicted octanol–water partition coefficient (Wildman–Crippen LogP) is 0.690. The van der Waals surface area contributed by atoms with Crippen LogP contribution in [0.1, 0.15) is 26.7 Å². The van der Waals surface area contributed by atoms with Gasteiger partial charge in [0.25, 0.3) is 0 Å². The first-order chi connectivity index (χ1) is 8.83. The van der Waals surface area contributed by atoms with Crippen molar-refractivity contribution in [3.8, 4) is 0 Å². The lowest BCUT2D eigenvalue weighted by molar-refractivity contribution is -0.141. The SMILES string of the molecule is CCC(C)C(NC(=O)N(C)CCC(=O)OC)C(=O)O. The number of esters is 1. The van der Waals surface area contributed by atoms with E-state index in [1.165, 1.54) is 19.1 Å². The molecule has 0 rings (SSSR count). The highest BCUT2D eigenvalue weighted by atomic mass is 16.5. The topological polar surface area (TPSA) is 95.9 Å². The fourth-order valence-electron chi connectivity index (χ4n) is 1.39. The number of carboxylic acids is 1. The van der Waals surface area contributed by atoms with Crippen LogP contribution in [0.4, 0.5) is 4.79 Å². The molecule has 2 unspecified atom stereocenters. The molecule has 7 heteroatoms. The molecule has 0 heterocycles. The summed E-state index contributed by atoms with van der Waals surface area (Å²) in [5.74, 6) is -1.66. The summed E-state index contributed by atoms with van der Waals surface area (Å²) in [6.45, 7) is 3.78. The van der Waals surface area contributed by atoms with E-state index in [9.17, 15) is 14.4 Å². The summed E-state index contributed by atoms with van der Waals surface area (Å²) in [5, 5.41) is 11.5. The average Bonchev–Trinajstić information content (AvgIpc) is 2.39. The molecule has 19 heavy (non-hydrogen) atoms. The summed E-state index contributed by atoms with van der Waals surface area (Å²) in [5.41, 5.74) is 0.